The molecule has 0 amide bonds. The minimum atomic E-state index is -0.0675. The van der Waals surface area contributed by atoms with Gasteiger partial charge >= 0.3 is 0 Å². The van der Waals surface area contributed by atoms with Crippen LogP contribution < -0.4 is 10.3 Å². The number of rotatable bonds is 9. The molecule has 2 aromatic heterocycles. The number of ether oxygens (including phenoxy) is 2. The van der Waals surface area contributed by atoms with E-state index < -0.39 is 0 Å². The summed E-state index contributed by atoms with van der Waals surface area (Å²) in [5.41, 5.74) is 2.32. The minimum Gasteiger partial charge on any atom is -0.494 e. The van der Waals surface area contributed by atoms with Crippen LogP contribution in [0.5, 0.6) is 5.75 Å². The van der Waals surface area contributed by atoms with Crippen LogP contribution in [0.3, 0.4) is 0 Å². The molecule has 2 heterocycles. The van der Waals surface area contributed by atoms with Gasteiger partial charge in [0.15, 0.2) is 5.16 Å². The van der Waals surface area contributed by atoms with Gasteiger partial charge in [-0.05, 0) is 50.2 Å². The summed E-state index contributed by atoms with van der Waals surface area (Å²) in [7, 11) is 1.62. The van der Waals surface area contributed by atoms with E-state index >= 15 is 0 Å². The monoisotopic (exact) mass is 451 g/mol. The first-order valence-corrected chi connectivity index (χ1v) is 11.4. The van der Waals surface area contributed by atoms with Crippen LogP contribution in [0.2, 0.25) is 0 Å². The lowest BCUT2D eigenvalue weighted by Gasteiger charge is -2.12. The molecule has 0 saturated heterocycles. The Morgan fingerprint density at radius 3 is 2.62 bits per heavy atom. The van der Waals surface area contributed by atoms with Gasteiger partial charge in [-0.15, -0.1) is 0 Å². The third-order valence-corrected chi connectivity index (χ3v) is 5.98. The second-order valence-corrected chi connectivity index (χ2v) is 8.07. The van der Waals surface area contributed by atoms with E-state index in [1.165, 1.54) is 11.8 Å². The van der Waals surface area contributed by atoms with Crippen molar-refractivity contribution in [3.05, 3.63) is 70.3 Å². The van der Waals surface area contributed by atoms with E-state index in [9.17, 15) is 4.79 Å². The van der Waals surface area contributed by atoms with Gasteiger partial charge in [-0.1, -0.05) is 23.9 Å². The fraction of sp³-hybridized carbons (Fsp3) is 0.292. The first kappa shape index (κ1) is 22.1. The van der Waals surface area contributed by atoms with Crippen LogP contribution >= 0.6 is 11.8 Å². The number of aromatic nitrogens is 3. The van der Waals surface area contributed by atoms with Gasteiger partial charge in [-0.25, -0.2) is 9.97 Å². The number of oxazole rings is 1. The number of fused-ring (bicyclic) bond motifs is 1. The van der Waals surface area contributed by atoms with Gasteiger partial charge in [0.05, 0.1) is 36.4 Å². The zero-order valence-electron chi connectivity index (χ0n) is 18.3. The minimum absolute atomic E-state index is 0.0675. The number of benzene rings is 2. The topological polar surface area (TPSA) is 79.4 Å². The summed E-state index contributed by atoms with van der Waals surface area (Å²) >= 11 is 1.47. The summed E-state index contributed by atoms with van der Waals surface area (Å²) in [6.45, 7) is 5.33. The zero-order valence-corrected chi connectivity index (χ0v) is 19.1. The third-order valence-electron chi connectivity index (χ3n) is 4.99. The summed E-state index contributed by atoms with van der Waals surface area (Å²) in [5, 5.41) is 1.24. The highest BCUT2D eigenvalue weighted by molar-refractivity contribution is 7.98. The van der Waals surface area contributed by atoms with Gasteiger partial charge in [-0.3, -0.25) is 9.36 Å². The highest BCUT2D eigenvalue weighted by atomic mass is 32.2. The Kier molecular flexibility index (Phi) is 6.92. The lowest BCUT2D eigenvalue weighted by molar-refractivity contribution is 0.183. The van der Waals surface area contributed by atoms with Crippen LogP contribution in [0.1, 0.15) is 18.4 Å². The molecule has 0 aliphatic carbocycles. The summed E-state index contributed by atoms with van der Waals surface area (Å²) in [4.78, 5) is 22.4. The van der Waals surface area contributed by atoms with E-state index in [0.717, 1.165) is 22.8 Å². The average molecular weight is 452 g/mol. The number of hydrogen-bond donors (Lipinski definition) is 0. The van der Waals surface area contributed by atoms with Crippen LogP contribution in [0.25, 0.3) is 22.4 Å². The molecule has 32 heavy (non-hydrogen) atoms. The van der Waals surface area contributed by atoms with Gasteiger partial charge < -0.3 is 13.9 Å². The summed E-state index contributed by atoms with van der Waals surface area (Å²) in [5.74, 6) is 2.65. The molecule has 0 unspecified atom stereocenters. The number of methoxy groups -OCH3 is 1. The fourth-order valence-electron chi connectivity index (χ4n) is 3.32. The number of para-hydroxylation sites is 1. The molecule has 166 valence electrons. The first-order chi connectivity index (χ1) is 15.6. The fourth-order valence-corrected chi connectivity index (χ4v) is 4.34. The molecule has 4 aromatic rings. The second kappa shape index (κ2) is 10.0. The number of hydrogen-bond acceptors (Lipinski definition) is 7. The molecule has 0 radical (unpaired) electrons. The Labute approximate surface area is 190 Å². The molecule has 7 nitrogen and oxygen atoms in total. The Bertz CT molecular complexity index is 1260. The molecule has 0 fully saturated rings. The predicted octanol–water partition coefficient (Wildman–Crippen LogP) is 4.70. The second-order valence-electron chi connectivity index (χ2n) is 7.13. The van der Waals surface area contributed by atoms with E-state index in [1.54, 1.807) is 17.7 Å². The maximum absolute atomic E-state index is 13.0. The molecule has 0 atom stereocenters. The Morgan fingerprint density at radius 1 is 1.09 bits per heavy atom. The van der Waals surface area contributed by atoms with Gasteiger partial charge in [0, 0.05) is 18.4 Å². The summed E-state index contributed by atoms with van der Waals surface area (Å²) in [6, 6.07) is 15.1. The highest BCUT2D eigenvalue weighted by Gasteiger charge is 2.16. The summed E-state index contributed by atoms with van der Waals surface area (Å²) < 4.78 is 18.3. The van der Waals surface area contributed by atoms with E-state index in [0.29, 0.717) is 47.5 Å². The number of thioether (sulfide) groups is 1. The Hall–Kier alpha value is -3.10. The lowest BCUT2D eigenvalue weighted by Crippen LogP contribution is -2.25. The first-order valence-electron chi connectivity index (χ1n) is 10.4. The molecule has 0 bridgehead atoms. The van der Waals surface area contributed by atoms with E-state index in [1.807, 2.05) is 56.3 Å². The quantitative estimate of drug-likeness (QED) is 0.270. The van der Waals surface area contributed by atoms with E-state index in [-0.39, 0.29) is 5.56 Å². The molecule has 0 aliphatic rings. The standard InChI is InChI=1S/C24H25N3O4S/c1-4-30-18-11-9-17(10-12-18)22-25-21(16(2)31-22)15-32-24-26-20-8-6-5-7-19(20)23(28)27(24)13-14-29-3/h5-12H,4,13-15H2,1-3H3. The Morgan fingerprint density at radius 2 is 1.88 bits per heavy atom. The van der Waals surface area contributed by atoms with E-state index in [2.05, 4.69) is 4.98 Å². The SMILES string of the molecule is CCOc1ccc(-c2nc(CSc3nc4ccccc4c(=O)n3CCOC)c(C)o2)cc1. The predicted molar refractivity (Wildman–Crippen MR) is 125 cm³/mol. The average Bonchev–Trinajstić information content (AvgIpc) is 3.18. The van der Waals surface area contributed by atoms with Crippen molar-refractivity contribution in [2.75, 3.05) is 20.3 Å². The van der Waals surface area contributed by atoms with Crippen molar-refractivity contribution in [2.45, 2.75) is 31.3 Å². The Balaban J connectivity index is 1.59. The summed E-state index contributed by atoms with van der Waals surface area (Å²) in [6.07, 6.45) is 0. The molecule has 0 spiro atoms. The maximum Gasteiger partial charge on any atom is 0.262 e. The molecule has 2 aromatic carbocycles. The molecular formula is C24H25N3O4S. The van der Waals surface area contributed by atoms with Crippen molar-refractivity contribution < 1.29 is 13.9 Å². The molecule has 0 aliphatic heterocycles. The van der Waals surface area contributed by atoms with E-state index in [4.69, 9.17) is 18.9 Å². The number of nitrogens with zero attached hydrogens (tertiary/aromatic N) is 3. The van der Waals surface area contributed by atoms with Gasteiger partial charge in [0.2, 0.25) is 5.89 Å². The van der Waals surface area contributed by atoms with Crippen LogP contribution in [0, 0.1) is 6.92 Å². The normalized spacial score (nSPS) is 11.2. The van der Waals surface area contributed by atoms with Crippen molar-refractivity contribution in [1.82, 2.24) is 14.5 Å². The number of aryl methyl sites for hydroxylation is 1. The molecular weight excluding hydrogens is 426 g/mol. The largest absolute Gasteiger partial charge is 0.494 e. The molecule has 8 heteroatoms. The van der Waals surface area contributed by atoms with Crippen molar-refractivity contribution >= 4 is 22.7 Å². The molecule has 4 rings (SSSR count). The third kappa shape index (κ3) is 4.71. The van der Waals surface area contributed by atoms with Crippen LogP contribution in [-0.2, 0) is 17.0 Å². The smallest absolute Gasteiger partial charge is 0.262 e. The maximum atomic E-state index is 13.0. The van der Waals surface area contributed by atoms with Gasteiger partial charge in [0.1, 0.15) is 11.5 Å². The zero-order chi connectivity index (χ0) is 22.5. The lowest BCUT2D eigenvalue weighted by atomic mass is 10.2. The van der Waals surface area contributed by atoms with Crippen LogP contribution in [0.4, 0.5) is 0 Å². The molecule has 0 N–H and O–H groups in total. The van der Waals surface area contributed by atoms with Gasteiger partial charge in [0.25, 0.3) is 5.56 Å². The molecule has 0 saturated carbocycles. The van der Waals surface area contributed by atoms with Crippen molar-refractivity contribution in [3.8, 4) is 17.2 Å². The highest BCUT2D eigenvalue weighted by Crippen LogP contribution is 2.28. The van der Waals surface area contributed by atoms with Crippen molar-refractivity contribution in [2.24, 2.45) is 0 Å². The van der Waals surface area contributed by atoms with Crippen LogP contribution in [0.15, 0.2) is 62.9 Å². The van der Waals surface area contributed by atoms with Crippen LogP contribution in [-0.4, -0.2) is 34.9 Å². The van der Waals surface area contributed by atoms with Gasteiger partial charge in [-0.2, -0.15) is 0 Å². The van der Waals surface area contributed by atoms with Crippen molar-refractivity contribution in [1.29, 1.82) is 0 Å². The van der Waals surface area contributed by atoms with Crippen molar-refractivity contribution in [3.63, 3.8) is 0 Å².